The van der Waals surface area contributed by atoms with Crippen molar-refractivity contribution in [3.05, 3.63) is 70.6 Å². The second-order valence-corrected chi connectivity index (χ2v) is 12.7. The molecule has 0 radical (unpaired) electrons. The summed E-state index contributed by atoms with van der Waals surface area (Å²) in [6.45, 7) is 8.28. The van der Waals surface area contributed by atoms with E-state index in [2.05, 4.69) is 27.1 Å². The SMILES string of the molecule is Cc1ncc(C(c2ccc3c(nnn3C)c2C)C(C)(C)C(=O)O)cc1Cn1ccnc1CC1CCCCCC1.O=C(O)C(F)(F)F. The smallest absolute Gasteiger partial charge is 0.481 e. The van der Waals surface area contributed by atoms with Crippen molar-refractivity contribution in [2.45, 2.75) is 91.3 Å². The number of fused-ring (bicyclic) bond motifs is 1. The number of carboxylic acids is 2. The number of alkyl halides is 3. The van der Waals surface area contributed by atoms with Gasteiger partial charge in [-0.3, -0.25) is 9.78 Å². The number of pyridine rings is 1. The van der Waals surface area contributed by atoms with Crippen LogP contribution < -0.4 is 0 Å². The average Bonchev–Trinajstić information content (AvgIpc) is 3.48. The van der Waals surface area contributed by atoms with Gasteiger partial charge in [0.05, 0.1) is 17.5 Å². The van der Waals surface area contributed by atoms with Crippen molar-refractivity contribution < 1.29 is 33.0 Å². The van der Waals surface area contributed by atoms with Gasteiger partial charge in [-0.05, 0) is 61.9 Å². The molecule has 1 saturated carbocycles. The molecule has 13 heteroatoms. The van der Waals surface area contributed by atoms with Gasteiger partial charge in [0.1, 0.15) is 11.3 Å². The number of aromatic nitrogens is 6. The Labute approximate surface area is 265 Å². The summed E-state index contributed by atoms with van der Waals surface area (Å²) in [5.74, 6) is -2.21. The number of aryl methyl sites for hydroxylation is 3. The Bertz CT molecular complexity index is 1690. The van der Waals surface area contributed by atoms with E-state index in [1.54, 1.807) is 18.5 Å². The lowest BCUT2D eigenvalue weighted by atomic mass is 9.70. The highest BCUT2D eigenvalue weighted by molar-refractivity contribution is 5.81. The third kappa shape index (κ3) is 7.73. The predicted molar refractivity (Wildman–Crippen MR) is 165 cm³/mol. The highest BCUT2D eigenvalue weighted by atomic mass is 19.4. The molecule has 0 amide bonds. The standard InChI is InChI=1S/C31H40N6O2.C2HF3O2/c1-20-25(12-13-26-29(20)34-35-36(26)5)28(31(3,4)30(38)39)23-17-24(21(2)33-18-23)19-37-15-14-32-27(37)16-22-10-8-6-7-9-11-22;3-2(4,5)1(6)7/h12-15,17-18,22,28H,6-11,16,19H2,1-5H3,(H,38,39);(H,6,7). The van der Waals surface area contributed by atoms with Crippen molar-refractivity contribution in [2.75, 3.05) is 0 Å². The Hall–Kier alpha value is -4.29. The number of rotatable bonds is 8. The summed E-state index contributed by atoms with van der Waals surface area (Å²) in [4.78, 5) is 31.0. The summed E-state index contributed by atoms with van der Waals surface area (Å²) in [7, 11) is 1.86. The molecule has 3 aromatic heterocycles. The number of imidazole rings is 1. The largest absolute Gasteiger partial charge is 0.490 e. The van der Waals surface area contributed by atoms with Crippen LogP contribution in [-0.2, 0) is 29.6 Å². The van der Waals surface area contributed by atoms with Crippen LogP contribution in [0.25, 0.3) is 11.0 Å². The Morgan fingerprint density at radius 3 is 2.28 bits per heavy atom. The second-order valence-electron chi connectivity index (χ2n) is 12.7. The Balaban J connectivity index is 0.000000617. The van der Waals surface area contributed by atoms with Crippen molar-refractivity contribution in [1.82, 2.24) is 29.5 Å². The van der Waals surface area contributed by atoms with Crippen LogP contribution in [0.15, 0.2) is 36.8 Å². The summed E-state index contributed by atoms with van der Waals surface area (Å²) < 4.78 is 35.7. The molecule has 0 saturated heterocycles. The number of carbonyl (C=O) groups is 2. The van der Waals surface area contributed by atoms with Gasteiger partial charge in [-0.2, -0.15) is 13.2 Å². The molecule has 0 spiro atoms. The first-order chi connectivity index (χ1) is 21.6. The number of carboxylic acid groups (broad SMARTS) is 2. The monoisotopic (exact) mass is 642 g/mol. The van der Waals surface area contributed by atoms with Crippen LogP contribution in [0.3, 0.4) is 0 Å². The van der Waals surface area contributed by atoms with E-state index in [1.165, 1.54) is 38.5 Å². The summed E-state index contributed by atoms with van der Waals surface area (Å²) in [5, 5.41) is 26.0. The molecule has 0 bridgehead atoms. The number of hydrogen-bond donors (Lipinski definition) is 2. The molecule has 10 nitrogen and oxygen atoms in total. The van der Waals surface area contributed by atoms with Crippen molar-refractivity contribution in [2.24, 2.45) is 18.4 Å². The maximum absolute atomic E-state index is 12.6. The first-order valence-corrected chi connectivity index (χ1v) is 15.4. The van der Waals surface area contributed by atoms with Crippen molar-refractivity contribution in [3.63, 3.8) is 0 Å². The highest BCUT2D eigenvalue weighted by Crippen LogP contribution is 2.43. The van der Waals surface area contributed by atoms with Gasteiger partial charge >= 0.3 is 18.1 Å². The second kappa shape index (κ2) is 14.0. The normalized spacial score (nSPS) is 15.2. The third-order valence-electron chi connectivity index (χ3n) is 9.04. The molecule has 3 heterocycles. The fourth-order valence-electron chi connectivity index (χ4n) is 6.27. The van der Waals surface area contributed by atoms with Crippen LogP contribution in [0.5, 0.6) is 0 Å². The highest BCUT2D eigenvalue weighted by Gasteiger charge is 2.41. The van der Waals surface area contributed by atoms with E-state index in [0.717, 1.165) is 51.2 Å². The summed E-state index contributed by atoms with van der Waals surface area (Å²) >= 11 is 0. The quantitative estimate of drug-likeness (QED) is 0.205. The van der Waals surface area contributed by atoms with Gasteiger partial charge in [0.2, 0.25) is 0 Å². The lowest BCUT2D eigenvalue weighted by Gasteiger charge is -2.32. The van der Waals surface area contributed by atoms with E-state index in [-0.39, 0.29) is 0 Å². The molecule has 1 fully saturated rings. The molecule has 248 valence electrons. The summed E-state index contributed by atoms with van der Waals surface area (Å²) in [5.41, 5.74) is 5.44. The van der Waals surface area contributed by atoms with Crippen LogP contribution in [0.2, 0.25) is 0 Å². The zero-order valence-corrected chi connectivity index (χ0v) is 26.8. The maximum Gasteiger partial charge on any atom is 0.490 e. The molecule has 1 aromatic carbocycles. The molecule has 46 heavy (non-hydrogen) atoms. The molecule has 5 rings (SSSR count). The Morgan fingerprint density at radius 1 is 1.02 bits per heavy atom. The summed E-state index contributed by atoms with van der Waals surface area (Å²) in [6, 6.07) is 6.15. The van der Waals surface area contributed by atoms with Crippen LogP contribution in [-0.4, -0.2) is 57.9 Å². The third-order valence-corrected chi connectivity index (χ3v) is 9.04. The van der Waals surface area contributed by atoms with Crippen LogP contribution >= 0.6 is 0 Å². The van der Waals surface area contributed by atoms with Crippen molar-refractivity contribution in [1.29, 1.82) is 0 Å². The van der Waals surface area contributed by atoms with Gasteiger partial charge in [-0.1, -0.05) is 55.9 Å². The fourth-order valence-corrected chi connectivity index (χ4v) is 6.27. The Kier molecular flexibility index (Phi) is 10.5. The van der Waals surface area contributed by atoms with Gasteiger partial charge in [0.15, 0.2) is 0 Å². The number of halogens is 3. The Morgan fingerprint density at radius 2 is 1.67 bits per heavy atom. The minimum Gasteiger partial charge on any atom is -0.481 e. The average molecular weight is 643 g/mol. The lowest BCUT2D eigenvalue weighted by molar-refractivity contribution is -0.192. The fraction of sp³-hybridized carbons (Fsp3) is 0.515. The topological polar surface area (TPSA) is 136 Å². The summed E-state index contributed by atoms with van der Waals surface area (Å²) in [6.07, 6.45) is 9.61. The first-order valence-electron chi connectivity index (χ1n) is 15.4. The van der Waals surface area contributed by atoms with E-state index in [9.17, 15) is 23.1 Å². The van der Waals surface area contributed by atoms with Crippen LogP contribution in [0.1, 0.15) is 92.1 Å². The number of benzene rings is 1. The van der Waals surface area contributed by atoms with Gasteiger partial charge in [-0.15, -0.1) is 5.10 Å². The molecule has 1 atom stereocenters. The molecular formula is C33H41F3N6O4. The van der Waals surface area contributed by atoms with E-state index < -0.39 is 29.4 Å². The van der Waals surface area contributed by atoms with Crippen LogP contribution in [0.4, 0.5) is 13.2 Å². The zero-order valence-electron chi connectivity index (χ0n) is 26.8. The molecular weight excluding hydrogens is 601 g/mol. The lowest BCUT2D eigenvalue weighted by Crippen LogP contribution is -2.32. The van der Waals surface area contributed by atoms with Gasteiger partial charge in [0, 0.05) is 43.7 Å². The minimum atomic E-state index is -5.08. The van der Waals surface area contributed by atoms with E-state index in [0.29, 0.717) is 12.5 Å². The molecule has 0 aliphatic heterocycles. The van der Waals surface area contributed by atoms with E-state index in [1.807, 2.05) is 45.4 Å². The van der Waals surface area contributed by atoms with Crippen molar-refractivity contribution in [3.8, 4) is 0 Å². The number of aliphatic carboxylic acids is 2. The molecule has 2 N–H and O–H groups in total. The molecule has 1 aliphatic rings. The molecule has 4 aromatic rings. The van der Waals surface area contributed by atoms with Gasteiger partial charge in [-0.25, -0.2) is 14.5 Å². The number of hydrogen-bond acceptors (Lipinski definition) is 6. The van der Waals surface area contributed by atoms with Gasteiger partial charge < -0.3 is 14.8 Å². The van der Waals surface area contributed by atoms with Crippen LogP contribution in [0, 0.1) is 25.2 Å². The number of nitrogens with zero attached hydrogens (tertiary/aromatic N) is 6. The van der Waals surface area contributed by atoms with Gasteiger partial charge in [0.25, 0.3) is 0 Å². The minimum absolute atomic E-state index is 0.415. The van der Waals surface area contributed by atoms with Crippen molar-refractivity contribution >= 4 is 23.0 Å². The van der Waals surface area contributed by atoms with E-state index >= 15 is 0 Å². The molecule has 1 unspecified atom stereocenters. The molecule has 1 aliphatic carbocycles. The maximum atomic E-state index is 12.6. The van der Waals surface area contributed by atoms with E-state index in [4.69, 9.17) is 19.9 Å². The predicted octanol–water partition coefficient (Wildman–Crippen LogP) is 6.61. The first kappa shape index (κ1) is 34.6. The zero-order chi connectivity index (χ0) is 33.8.